The van der Waals surface area contributed by atoms with Crippen molar-refractivity contribution in [2.24, 2.45) is 0 Å². The lowest BCUT2D eigenvalue weighted by molar-refractivity contribution is 0.100. The van der Waals surface area contributed by atoms with E-state index in [2.05, 4.69) is 5.32 Å². The number of anilines is 2. The third kappa shape index (κ3) is 4.68. The highest BCUT2D eigenvalue weighted by Crippen LogP contribution is 2.24. The number of nitrogen functional groups attached to an aromatic ring is 1. The molecular formula is C15H14N2O8S2. The first-order valence-corrected chi connectivity index (χ1v) is 9.99. The van der Waals surface area contributed by atoms with Crippen LogP contribution in [0.3, 0.4) is 0 Å². The molecular weight excluding hydrogens is 400 g/mol. The molecule has 0 aliphatic heterocycles. The molecule has 0 unspecified atom stereocenters. The lowest BCUT2D eigenvalue weighted by Gasteiger charge is -2.11. The third-order valence-electron chi connectivity index (χ3n) is 3.46. The van der Waals surface area contributed by atoms with E-state index in [0.29, 0.717) is 0 Å². The minimum absolute atomic E-state index is 0.0414. The van der Waals surface area contributed by atoms with Gasteiger partial charge in [-0.15, -0.1) is 0 Å². The van der Waals surface area contributed by atoms with Crippen LogP contribution in [0.1, 0.15) is 27.6 Å². The Balaban J connectivity index is 2.50. The fourth-order valence-electron chi connectivity index (χ4n) is 2.18. The summed E-state index contributed by atoms with van der Waals surface area (Å²) in [5, 5.41) is 2.23. The summed E-state index contributed by atoms with van der Waals surface area (Å²) >= 11 is 0. The Labute approximate surface area is 154 Å². The van der Waals surface area contributed by atoms with Gasteiger partial charge in [0.05, 0.1) is 11.3 Å². The molecule has 0 saturated carbocycles. The van der Waals surface area contributed by atoms with Crippen molar-refractivity contribution in [3.05, 3.63) is 47.5 Å². The number of amides is 1. The van der Waals surface area contributed by atoms with Crippen LogP contribution < -0.4 is 11.1 Å². The average molecular weight is 414 g/mol. The topological polar surface area (TPSA) is 181 Å². The van der Waals surface area contributed by atoms with Crippen LogP contribution in [0.2, 0.25) is 0 Å². The van der Waals surface area contributed by atoms with Gasteiger partial charge in [0.1, 0.15) is 9.79 Å². The van der Waals surface area contributed by atoms with Crippen LogP contribution >= 0.6 is 0 Å². The summed E-state index contributed by atoms with van der Waals surface area (Å²) in [7, 11) is -9.49. The van der Waals surface area contributed by atoms with E-state index in [1.54, 1.807) is 0 Å². The van der Waals surface area contributed by atoms with E-state index in [0.717, 1.165) is 24.3 Å². The van der Waals surface area contributed by atoms with Crippen LogP contribution in [-0.4, -0.2) is 37.6 Å². The van der Waals surface area contributed by atoms with Crippen molar-refractivity contribution in [3.8, 4) is 0 Å². The molecule has 0 fully saturated rings. The Morgan fingerprint density at radius 3 is 2.04 bits per heavy atom. The van der Waals surface area contributed by atoms with Gasteiger partial charge in [0.25, 0.3) is 26.1 Å². The van der Waals surface area contributed by atoms with E-state index in [9.17, 15) is 31.0 Å². The van der Waals surface area contributed by atoms with Crippen molar-refractivity contribution in [1.29, 1.82) is 0 Å². The molecule has 0 aromatic heterocycles. The van der Waals surface area contributed by atoms with Crippen LogP contribution in [0.25, 0.3) is 0 Å². The molecule has 1 amide bonds. The molecule has 0 bridgehead atoms. The maximum Gasteiger partial charge on any atom is 0.296 e. The minimum atomic E-state index is -4.83. The van der Waals surface area contributed by atoms with E-state index in [-0.39, 0.29) is 16.9 Å². The molecule has 2 rings (SSSR count). The maximum atomic E-state index is 12.4. The Hall–Kier alpha value is -2.80. The van der Waals surface area contributed by atoms with Crippen LogP contribution in [-0.2, 0) is 20.2 Å². The molecule has 5 N–H and O–H groups in total. The van der Waals surface area contributed by atoms with E-state index in [1.807, 2.05) is 0 Å². The van der Waals surface area contributed by atoms with Gasteiger partial charge in [0.15, 0.2) is 5.78 Å². The normalized spacial score (nSPS) is 11.8. The van der Waals surface area contributed by atoms with Gasteiger partial charge in [0, 0.05) is 11.3 Å². The number of ketones is 1. The Bertz CT molecular complexity index is 1150. The smallest absolute Gasteiger partial charge is 0.296 e. The zero-order valence-corrected chi connectivity index (χ0v) is 15.3. The summed E-state index contributed by atoms with van der Waals surface area (Å²) in [4.78, 5) is 22.3. The number of rotatable bonds is 5. The van der Waals surface area contributed by atoms with Crippen molar-refractivity contribution in [3.63, 3.8) is 0 Å². The van der Waals surface area contributed by atoms with Crippen LogP contribution in [0.15, 0.2) is 46.2 Å². The fraction of sp³-hybridized carbons (Fsp3) is 0.0667. The van der Waals surface area contributed by atoms with E-state index in [4.69, 9.17) is 10.3 Å². The maximum absolute atomic E-state index is 12.4. The molecule has 0 heterocycles. The van der Waals surface area contributed by atoms with Crippen LogP contribution in [0.4, 0.5) is 11.4 Å². The fourth-order valence-corrected chi connectivity index (χ4v) is 3.53. The molecule has 0 saturated heterocycles. The van der Waals surface area contributed by atoms with Gasteiger partial charge in [-0.1, -0.05) is 6.07 Å². The number of nitrogens with one attached hydrogen (secondary N) is 1. The van der Waals surface area contributed by atoms with Crippen LogP contribution in [0.5, 0.6) is 0 Å². The number of nitrogens with two attached hydrogens (primary N) is 1. The lowest BCUT2D eigenvalue weighted by Crippen LogP contribution is -2.17. The van der Waals surface area contributed by atoms with Crippen molar-refractivity contribution in [2.45, 2.75) is 16.7 Å². The monoisotopic (exact) mass is 414 g/mol. The number of Topliss-reactive ketones (excluding diaryl/α,β-unsaturated/α-hetero) is 1. The zero-order chi connectivity index (χ0) is 20.6. The molecule has 0 aliphatic carbocycles. The van der Waals surface area contributed by atoms with Crippen LogP contribution in [0, 0.1) is 0 Å². The molecule has 12 heteroatoms. The van der Waals surface area contributed by atoms with Gasteiger partial charge < -0.3 is 11.1 Å². The predicted octanol–water partition coefficient (Wildman–Crippen LogP) is 1.22. The molecule has 27 heavy (non-hydrogen) atoms. The average Bonchev–Trinajstić information content (AvgIpc) is 2.54. The molecule has 0 aliphatic rings. The molecule has 2 aromatic carbocycles. The summed E-state index contributed by atoms with van der Waals surface area (Å²) in [5.41, 5.74) is 4.55. The number of carbonyl (C=O) groups excluding carboxylic acids is 2. The second-order valence-corrected chi connectivity index (χ2v) is 8.20. The molecule has 2 aromatic rings. The van der Waals surface area contributed by atoms with Gasteiger partial charge >= 0.3 is 0 Å². The van der Waals surface area contributed by atoms with E-state index >= 15 is 0 Å². The van der Waals surface area contributed by atoms with Gasteiger partial charge in [-0.3, -0.25) is 18.7 Å². The molecule has 0 atom stereocenters. The summed E-state index contributed by atoms with van der Waals surface area (Å²) in [6.45, 7) is 1.17. The first-order valence-electron chi connectivity index (χ1n) is 7.11. The van der Waals surface area contributed by atoms with Gasteiger partial charge in [0.2, 0.25) is 0 Å². The highest BCUT2D eigenvalue weighted by atomic mass is 32.2. The van der Waals surface area contributed by atoms with Crippen molar-refractivity contribution >= 4 is 43.3 Å². The summed E-state index contributed by atoms with van der Waals surface area (Å²) in [6, 6.07) is 6.27. The zero-order valence-electron chi connectivity index (χ0n) is 13.7. The molecule has 144 valence electrons. The standard InChI is InChI=1S/C15H14N2O8S2/c1-8(18)9-2-4-11(13(6-9)26(20,21)22)15(19)17-10-3-5-12(16)14(7-10)27(23,24)25/h2-7H,16H2,1H3,(H,17,19)(H,20,21,22)(H,23,24,25). The third-order valence-corrected chi connectivity index (χ3v) is 5.26. The molecule has 0 radical (unpaired) electrons. The Morgan fingerprint density at radius 2 is 1.52 bits per heavy atom. The molecule has 0 spiro atoms. The summed E-state index contributed by atoms with van der Waals surface area (Å²) in [6.07, 6.45) is 0. The van der Waals surface area contributed by atoms with Gasteiger partial charge in [-0.25, -0.2) is 0 Å². The quantitative estimate of drug-likeness (QED) is 0.317. The predicted molar refractivity (Wildman–Crippen MR) is 94.9 cm³/mol. The Kier molecular flexibility index (Phi) is 5.37. The lowest BCUT2D eigenvalue weighted by atomic mass is 10.1. The summed E-state index contributed by atoms with van der Waals surface area (Å²) in [5.74, 6) is -1.49. The highest BCUT2D eigenvalue weighted by Gasteiger charge is 2.23. The molecule has 10 nitrogen and oxygen atoms in total. The van der Waals surface area contributed by atoms with Crippen molar-refractivity contribution in [1.82, 2.24) is 0 Å². The minimum Gasteiger partial charge on any atom is -0.398 e. The van der Waals surface area contributed by atoms with Gasteiger partial charge in [-0.05, 0) is 37.3 Å². The number of carbonyl (C=O) groups is 2. The number of hydrogen-bond acceptors (Lipinski definition) is 7. The number of hydrogen-bond donors (Lipinski definition) is 4. The first kappa shape index (κ1) is 20.5. The highest BCUT2D eigenvalue weighted by molar-refractivity contribution is 7.86. The second kappa shape index (κ2) is 7.08. The Morgan fingerprint density at radius 1 is 0.926 bits per heavy atom. The SMILES string of the molecule is CC(=O)c1ccc(C(=O)Nc2ccc(N)c(S(=O)(=O)O)c2)c(S(=O)(=O)O)c1. The second-order valence-electron chi connectivity index (χ2n) is 5.42. The largest absolute Gasteiger partial charge is 0.398 e. The van der Waals surface area contributed by atoms with Gasteiger partial charge in [-0.2, -0.15) is 16.8 Å². The number of benzene rings is 2. The first-order chi connectivity index (χ1) is 12.3. The van der Waals surface area contributed by atoms with E-state index < -0.39 is 47.3 Å². The summed E-state index contributed by atoms with van der Waals surface area (Å²) < 4.78 is 64.1. The van der Waals surface area contributed by atoms with Crippen molar-refractivity contribution < 1.29 is 35.5 Å². The van der Waals surface area contributed by atoms with E-state index in [1.165, 1.54) is 19.1 Å². The van der Waals surface area contributed by atoms with Crippen molar-refractivity contribution in [2.75, 3.05) is 11.1 Å².